The van der Waals surface area contributed by atoms with E-state index in [1.165, 1.54) is 40.0 Å². The van der Waals surface area contributed by atoms with Crippen molar-refractivity contribution < 1.29 is 0 Å². The molecule has 2 aromatic rings. The van der Waals surface area contributed by atoms with Crippen LogP contribution in [0.2, 0.25) is 0 Å². The molecule has 0 aromatic heterocycles. The SMILES string of the molecule is CC1(C)Cc2ccccc2-c2ccc3c(c21)=CCCC=3. The van der Waals surface area contributed by atoms with Crippen molar-refractivity contribution in [3.63, 3.8) is 0 Å². The van der Waals surface area contributed by atoms with E-state index in [0.29, 0.717) is 0 Å². The van der Waals surface area contributed by atoms with Crippen molar-refractivity contribution in [1.29, 1.82) is 0 Å². The average molecular weight is 260 g/mol. The fraction of sp³-hybridized carbons (Fsp3) is 0.300. The Morgan fingerprint density at radius 3 is 2.55 bits per heavy atom. The largest absolute Gasteiger partial charge is 0.0764 e. The van der Waals surface area contributed by atoms with Gasteiger partial charge in [0.1, 0.15) is 0 Å². The van der Waals surface area contributed by atoms with Gasteiger partial charge in [-0.1, -0.05) is 62.4 Å². The zero-order chi connectivity index (χ0) is 13.7. The van der Waals surface area contributed by atoms with Gasteiger partial charge in [-0.05, 0) is 57.4 Å². The lowest BCUT2D eigenvalue weighted by Crippen LogP contribution is -2.40. The van der Waals surface area contributed by atoms with Crippen LogP contribution in [0.25, 0.3) is 23.3 Å². The Morgan fingerprint density at radius 2 is 1.65 bits per heavy atom. The van der Waals surface area contributed by atoms with Crippen LogP contribution in [-0.4, -0.2) is 0 Å². The predicted octanol–water partition coefficient (Wildman–Crippen LogP) is 3.54. The topological polar surface area (TPSA) is 0 Å². The van der Waals surface area contributed by atoms with Gasteiger partial charge in [-0.3, -0.25) is 0 Å². The molecule has 2 aromatic carbocycles. The van der Waals surface area contributed by atoms with E-state index in [2.05, 4.69) is 62.4 Å². The summed E-state index contributed by atoms with van der Waals surface area (Å²) in [6, 6.07) is 13.5. The molecule has 0 N–H and O–H groups in total. The van der Waals surface area contributed by atoms with Gasteiger partial charge in [0, 0.05) is 0 Å². The smallest absolute Gasteiger partial charge is 0.00508 e. The van der Waals surface area contributed by atoms with Crippen LogP contribution in [0.5, 0.6) is 0 Å². The second-order valence-corrected chi connectivity index (χ2v) is 6.69. The minimum atomic E-state index is 0.219. The fourth-order valence-electron chi connectivity index (χ4n) is 3.96. The fourth-order valence-corrected chi connectivity index (χ4v) is 3.96. The Bertz CT molecular complexity index is 806. The Kier molecular flexibility index (Phi) is 2.44. The second kappa shape index (κ2) is 4.09. The lowest BCUT2D eigenvalue weighted by molar-refractivity contribution is 0.513. The van der Waals surface area contributed by atoms with E-state index in [9.17, 15) is 0 Å². The van der Waals surface area contributed by atoms with Gasteiger partial charge in [0.15, 0.2) is 0 Å². The lowest BCUT2D eigenvalue weighted by Gasteiger charge is -2.35. The first-order valence-corrected chi connectivity index (χ1v) is 7.59. The van der Waals surface area contributed by atoms with E-state index in [1.54, 1.807) is 5.56 Å². The van der Waals surface area contributed by atoms with E-state index < -0.39 is 0 Å². The maximum Gasteiger partial charge on any atom is -0.00508 e. The Labute approximate surface area is 120 Å². The van der Waals surface area contributed by atoms with Gasteiger partial charge >= 0.3 is 0 Å². The molecule has 0 heteroatoms. The number of hydrogen-bond donors (Lipinski definition) is 0. The highest BCUT2D eigenvalue weighted by molar-refractivity contribution is 5.75. The van der Waals surface area contributed by atoms with Crippen molar-refractivity contribution in [1.82, 2.24) is 0 Å². The number of hydrogen-bond acceptors (Lipinski definition) is 0. The van der Waals surface area contributed by atoms with Gasteiger partial charge in [0.2, 0.25) is 0 Å². The Morgan fingerprint density at radius 1 is 0.850 bits per heavy atom. The van der Waals surface area contributed by atoms with E-state index in [4.69, 9.17) is 0 Å². The van der Waals surface area contributed by atoms with Crippen molar-refractivity contribution in [2.75, 3.05) is 0 Å². The van der Waals surface area contributed by atoms with Crippen LogP contribution in [-0.2, 0) is 11.8 Å². The molecule has 0 spiro atoms. The summed E-state index contributed by atoms with van der Waals surface area (Å²) in [5, 5.41) is 2.93. The molecule has 2 aliphatic carbocycles. The second-order valence-electron chi connectivity index (χ2n) is 6.69. The monoisotopic (exact) mass is 260 g/mol. The molecule has 0 fully saturated rings. The molecule has 0 amide bonds. The summed E-state index contributed by atoms with van der Waals surface area (Å²) in [6.07, 6.45) is 8.35. The molecule has 2 aliphatic rings. The number of fused-ring (bicyclic) bond motifs is 5. The van der Waals surface area contributed by atoms with Crippen LogP contribution in [0.4, 0.5) is 0 Å². The van der Waals surface area contributed by atoms with Crippen molar-refractivity contribution in [3.05, 3.63) is 58.0 Å². The summed E-state index contributed by atoms with van der Waals surface area (Å²) in [5.74, 6) is 0. The van der Waals surface area contributed by atoms with Gasteiger partial charge in [-0.15, -0.1) is 0 Å². The Hall–Kier alpha value is -1.82. The predicted molar refractivity (Wildman–Crippen MR) is 86.0 cm³/mol. The highest BCUT2D eigenvalue weighted by Gasteiger charge is 2.31. The van der Waals surface area contributed by atoms with Crippen LogP contribution in [0.15, 0.2) is 36.4 Å². The maximum atomic E-state index is 2.45. The molecule has 0 nitrogen and oxygen atoms in total. The van der Waals surface area contributed by atoms with Gasteiger partial charge in [-0.25, -0.2) is 0 Å². The first kappa shape index (κ1) is 12.0. The van der Waals surface area contributed by atoms with Crippen LogP contribution in [0.3, 0.4) is 0 Å². The molecule has 0 bridgehead atoms. The zero-order valence-electron chi connectivity index (χ0n) is 12.2. The van der Waals surface area contributed by atoms with Crippen molar-refractivity contribution >= 4 is 12.2 Å². The summed E-state index contributed by atoms with van der Waals surface area (Å²) >= 11 is 0. The molecule has 0 radical (unpaired) electrons. The normalized spacial score (nSPS) is 18.1. The summed E-state index contributed by atoms with van der Waals surface area (Å²) in [4.78, 5) is 0. The molecule has 100 valence electrons. The quantitative estimate of drug-likeness (QED) is 0.679. The van der Waals surface area contributed by atoms with Crippen molar-refractivity contribution in [3.8, 4) is 11.1 Å². The maximum absolute atomic E-state index is 2.45. The molecule has 20 heavy (non-hydrogen) atoms. The highest BCUT2D eigenvalue weighted by atomic mass is 14.3. The first-order valence-electron chi connectivity index (χ1n) is 7.59. The lowest BCUT2D eigenvalue weighted by atomic mass is 9.69. The van der Waals surface area contributed by atoms with E-state index in [0.717, 1.165) is 6.42 Å². The van der Waals surface area contributed by atoms with E-state index >= 15 is 0 Å². The molecule has 4 rings (SSSR count). The van der Waals surface area contributed by atoms with Crippen LogP contribution < -0.4 is 10.4 Å². The molecule has 0 saturated heterocycles. The number of benzene rings is 2. The van der Waals surface area contributed by atoms with Gasteiger partial charge in [0.05, 0.1) is 0 Å². The third-order valence-corrected chi connectivity index (χ3v) is 4.78. The molecule has 0 saturated carbocycles. The zero-order valence-corrected chi connectivity index (χ0v) is 12.2. The molecule has 0 heterocycles. The third kappa shape index (κ3) is 1.61. The number of rotatable bonds is 0. The Balaban J connectivity index is 2.16. The van der Waals surface area contributed by atoms with Crippen molar-refractivity contribution in [2.24, 2.45) is 0 Å². The molecule has 0 atom stereocenters. The van der Waals surface area contributed by atoms with Gasteiger partial charge < -0.3 is 0 Å². The van der Waals surface area contributed by atoms with E-state index in [1.807, 2.05) is 0 Å². The first-order chi connectivity index (χ1) is 9.67. The standard InChI is InChI=1S/C20H20/c1-20(2)13-15-8-4-5-9-16(15)18-12-11-14-7-3-6-10-17(14)19(18)20/h4-5,7-12H,3,6,13H2,1-2H3. The highest BCUT2D eigenvalue weighted by Crippen LogP contribution is 2.40. The van der Waals surface area contributed by atoms with Crippen LogP contribution in [0.1, 0.15) is 37.8 Å². The minimum absolute atomic E-state index is 0.219. The van der Waals surface area contributed by atoms with Gasteiger partial charge in [-0.2, -0.15) is 0 Å². The van der Waals surface area contributed by atoms with Crippen LogP contribution in [0, 0.1) is 0 Å². The van der Waals surface area contributed by atoms with Gasteiger partial charge in [0.25, 0.3) is 0 Å². The summed E-state index contributed by atoms with van der Waals surface area (Å²) in [5.41, 5.74) is 6.15. The van der Waals surface area contributed by atoms with E-state index in [-0.39, 0.29) is 5.41 Å². The summed E-state index contributed by atoms with van der Waals surface area (Å²) in [6.45, 7) is 4.79. The van der Waals surface area contributed by atoms with Crippen LogP contribution >= 0.6 is 0 Å². The third-order valence-electron chi connectivity index (χ3n) is 4.78. The molecule has 0 unspecified atom stereocenters. The van der Waals surface area contributed by atoms with Crippen molar-refractivity contribution in [2.45, 2.75) is 38.5 Å². The summed E-state index contributed by atoms with van der Waals surface area (Å²) in [7, 11) is 0. The molecule has 0 aliphatic heterocycles. The molecular weight excluding hydrogens is 240 g/mol. The average Bonchev–Trinajstić information content (AvgIpc) is 2.46. The summed E-state index contributed by atoms with van der Waals surface area (Å²) < 4.78 is 0. The molecular formula is C20H20. The minimum Gasteiger partial charge on any atom is -0.0764 e.